The molecule has 1 rings (SSSR count). The summed E-state index contributed by atoms with van der Waals surface area (Å²) in [7, 11) is -2.51. The van der Waals surface area contributed by atoms with Crippen molar-refractivity contribution in [2.45, 2.75) is 31.7 Å². The maximum atomic E-state index is 12.6. The van der Waals surface area contributed by atoms with E-state index in [2.05, 4.69) is 0 Å². The van der Waals surface area contributed by atoms with Crippen LogP contribution in [0, 0.1) is 0 Å². The topological polar surface area (TPSA) is 106 Å². The number of carboxylic acid groups (broad SMARTS) is 1. The lowest BCUT2D eigenvalue weighted by Gasteiger charge is -2.23. The predicted octanol–water partition coefficient (Wildman–Crippen LogP) is 0.685. The molecule has 1 N–H and O–H groups in total. The second-order valence-corrected chi connectivity index (χ2v) is 6.82. The molecule has 0 saturated carbocycles. The van der Waals surface area contributed by atoms with Gasteiger partial charge in [0.1, 0.15) is 17.1 Å². The highest BCUT2D eigenvalue weighted by atomic mass is 32.2. The lowest BCUT2D eigenvalue weighted by Crippen LogP contribution is -2.40. The van der Waals surface area contributed by atoms with Gasteiger partial charge in [-0.15, -0.1) is 0 Å². The van der Waals surface area contributed by atoms with Crippen LogP contribution in [-0.4, -0.2) is 53.5 Å². The summed E-state index contributed by atoms with van der Waals surface area (Å²) in [4.78, 5) is 22.5. The van der Waals surface area contributed by atoms with Gasteiger partial charge in [0.25, 0.3) is 0 Å². The van der Waals surface area contributed by atoms with Crippen LogP contribution < -0.4 is 0 Å². The molecule has 0 fully saturated rings. The van der Waals surface area contributed by atoms with E-state index in [9.17, 15) is 18.0 Å². The van der Waals surface area contributed by atoms with Crippen molar-refractivity contribution in [1.82, 2.24) is 8.87 Å². The van der Waals surface area contributed by atoms with Crippen LogP contribution in [0.4, 0.5) is 0 Å². The summed E-state index contributed by atoms with van der Waals surface area (Å²) in [5.74, 6) is -1.89. The van der Waals surface area contributed by atoms with Crippen molar-refractivity contribution in [1.29, 1.82) is 0 Å². The number of sulfonamides is 1. The number of esters is 1. The van der Waals surface area contributed by atoms with E-state index in [1.807, 2.05) is 0 Å². The van der Waals surface area contributed by atoms with Crippen molar-refractivity contribution < 1.29 is 27.9 Å². The van der Waals surface area contributed by atoms with Gasteiger partial charge in [-0.2, -0.15) is 4.31 Å². The van der Waals surface area contributed by atoms with Crippen molar-refractivity contribution in [3.63, 3.8) is 0 Å². The first-order valence-corrected chi connectivity index (χ1v) is 8.12. The molecular weight excluding hydrogens is 312 g/mol. The average molecular weight is 332 g/mol. The second-order valence-electron chi connectivity index (χ2n) is 4.93. The van der Waals surface area contributed by atoms with Gasteiger partial charge in [-0.1, -0.05) is 0 Å². The molecule has 0 aliphatic heterocycles. The molecule has 8 nitrogen and oxygen atoms in total. The predicted molar refractivity (Wildman–Crippen MR) is 78.0 cm³/mol. The van der Waals surface area contributed by atoms with Crippen molar-refractivity contribution >= 4 is 22.0 Å². The number of rotatable bonds is 7. The molecule has 0 atom stereocenters. The lowest BCUT2D eigenvalue weighted by molar-refractivity contribution is -0.137. The van der Waals surface area contributed by atoms with Crippen LogP contribution in [0.1, 0.15) is 31.3 Å². The van der Waals surface area contributed by atoms with E-state index in [4.69, 9.17) is 9.84 Å². The Kier molecular flexibility index (Phi) is 5.72. The largest absolute Gasteiger partial charge is 0.480 e. The number of hydrogen-bond donors (Lipinski definition) is 1. The average Bonchev–Trinajstić information content (AvgIpc) is 2.78. The minimum atomic E-state index is -4.02. The molecule has 0 amide bonds. The van der Waals surface area contributed by atoms with E-state index in [0.717, 1.165) is 4.31 Å². The summed E-state index contributed by atoms with van der Waals surface area (Å²) in [5, 5.41) is 8.88. The molecule has 1 heterocycles. The number of hydrogen-bond acceptors (Lipinski definition) is 5. The molecular formula is C13H20N2O6S. The fourth-order valence-electron chi connectivity index (χ4n) is 1.90. The fraction of sp³-hybridized carbons (Fsp3) is 0.538. The van der Waals surface area contributed by atoms with Crippen LogP contribution in [0.2, 0.25) is 0 Å². The number of aryl methyl sites for hydroxylation is 1. The zero-order valence-electron chi connectivity index (χ0n) is 12.9. The minimum absolute atomic E-state index is 0.0828. The number of aromatic nitrogens is 1. The minimum Gasteiger partial charge on any atom is -0.480 e. The van der Waals surface area contributed by atoms with E-state index in [1.54, 1.807) is 20.8 Å². The maximum Gasteiger partial charge on any atom is 0.354 e. The molecule has 0 aliphatic rings. The summed E-state index contributed by atoms with van der Waals surface area (Å²) in [5.41, 5.74) is 0.0828. The highest BCUT2D eigenvalue weighted by Gasteiger charge is 2.31. The summed E-state index contributed by atoms with van der Waals surface area (Å²) in [6, 6.07) is 0.650. The molecule has 0 bridgehead atoms. The molecule has 0 aliphatic carbocycles. The van der Waals surface area contributed by atoms with Gasteiger partial charge in [-0.3, -0.25) is 4.79 Å². The van der Waals surface area contributed by atoms with Gasteiger partial charge in [0.15, 0.2) is 0 Å². The Bertz CT molecular complexity index is 662. The van der Waals surface area contributed by atoms with E-state index in [0.29, 0.717) is 0 Å². The molecule has 0 saturated heterocycles. The molecule has 0 unspecified atom stereocenters. The van der Waals surface area contributed by atoms with E-state index < -0.39 is 34.5 Å². The third-order valence-electron chi connectivity index (χ3n) is 2.94. The van der Waals surface area contributed by atoms with Crippen LogP contribution in [0.5, 0.6) is 0 Å². The highest BCUT2D eigenvalue weighted by Crippen LogP contribution is 2.21. The normalized spacial score (nSPS) is 11.9. The first kappa shape index (κ1) is 18.2. The Hall–Kier alpha value is -1.87. The van der Waals surface area contributed by atoms with Crippen LogP contribution >= 0.6 is 0 Å². The number of ether oxygens (including phenoxy) is 1. The lowest BCUT2D eigenvalue weighted by atomic mass is 10.4. The van der Waals surface area contributed by atoms with Gasteiger partial charge in [-0.25, -0.2) is 13.2 Å². The number of aliphatic carboxylic acids is 1. The van der Waals surface area contributed by atoms with Crippen molar-refractivity contribution in [2.24, 2.45) is 7.05 Å². The first-order valence-electron chi connectivity index (χ1n) is 6.68. The summed E-state index contributed by atoms with van der Waals surface area (Å²) in [6.45, 7) is 4.32. The van der Waals surface area contributed by atoms with Crippen LogP contribution in [-0.2, 0) is 26.6 Å². The van der Waals surface area contributed by atoms with Gasteiger partial charge in [0.2, 0.25) is 10.0 Å². The van der Waals surface area contributed by atoms with Crippen molar-refractivity contribution in [2.75, 3.05) is 13.2 Å². The van der Waals surface area contributed by atoms with E-state index in [1.165, 1.54) is 23.9 Å². The van der Waals surface area contributed by atoms with E-state index >= 15 is 0 Å². The van der Waals surface area contributed by atoms with Crippen LogP contribution in [0.25, 0.3) is 0 Å². The number of nitrogens with zero attached hydrogens (tertiary/aromatic N) is 2. The second kappa shape index (κ2) is 6.93. The smallest absolute Gasteiger partial charge is 0.354 e. The monoisotopic (exact) mass is 332 g/mol. The summed E-state index contributed by atoms with van der Waals surface area (Å²) in [6.07, 6.45) is 1.26. The van der Waals surface area contributed by atoms with Gasteiger partial charge < -0.3 is 14.4 Å². The Morgan fingerprint density at radius 3 is 2.45 bits per heavy atom. The molecule has 22 heavy (non-hydrogen) atoms. The summed E-state index contributed by atoms with van der Waals surface area (Å²) >= 11 is 0. The van der Waals surface area contributed by atoms with Crippen LogP contribution in [0.3, 0.4) is 0 Å². The van der Waals surface area contributed by atoms with Gasteiger partial charge in [0, 0.05) is 19.3 Å². The molecule has 0 aromatic carbocycles. The SMILES string of the molecule is CCOC(=O)c1cc(S(=O)(=O)N(CC(=O)O)C(C)C)cn1C. The third-order valence-corrected chi connectivity index (χ3v) is 4.93. The number of carbonyl (C=O) groups is 2. The molecule has 9 heteroatoms. The van der Waals surface area contributed by atoms with Crippen molar-refractivity contribution in [3.8, 4) is 0 Å². The number of carbonyl (C=O) groups excluding carboxylic acids is 1. The highest BCUT2D eigenvalue weighted by molar-refractivity contribution is 7.89. The standard InChI is InChI=1S/C13H20N2O6S/c1-5-21-13(18)11-6-10(7-14(11)4)22(19,20)15(9(2)3)8-12(16)17/h6-7,9H,5,8H2,1-4H3,(H,16,17). The van der Waals surface area contributed by atoms with Crippen molar-refractivity contribution in [3.05, 3.63) is 18.0 Å². The Labute approximate surface area is 129 Å². The zero-order chi connectivity index (χ0) is 17.1. The van der Waals surface area contributed by atoms with Gasteiger partial charge in [-0.05, 0) is 26.8 Å². The van der Waals surface area contributed by atoms with E-state index in [-0.39, 0.29) is 17.2 Å². The molecule has 0 radical (unpaired) electrons. The zero-order valence-corrected chi connectivity index (χ0v) is 13.8. The molecule has 0 spiro atoms. The number of carboxylic acids is 1. The quantitative estimate of drug-likeness (QED) is 0.736. The molecule has 1 aromatic rings. The van der Waals surface area contributed by atoms with Gasteiger partial charge >= 0.3 is 11.9 Å². The Morgan fingerprint density at radius 1 is 1.41 bits per heavy atom. The maximum absolute atomic E-state index is 12.6. The first-order chi connectivity index (χ1) is 10.1. The van der Waals surface area contributed by atoms with Crippen LogP contribution in [0.15, 0.2) is 17.2 Å². The Morgan fingerprint density at radius 2 is 2.00 bits per heavy atom. The third kappa shape index (κ3) is 3.86. The molecule has 124 valence electrons. The van der Waals surface area contributed by atoms with Gasteiger partial charge in [0.05, 0.1) is 6.61 Å². The summed E-state index contributed by atoms with van der Waals surface area (Å²) < 4.78 is 32.1. The molecule has 1 aromatic heterocycles. The fourth-order valence-corrected chi connectivity index (χ4v) is 3.56. The Balaban J connectivity index is 3.25.